The Morgan fingerprint density at radius 2 is 2.20 bits per heavy atom. The molecule has 0 radical (unpaired) electrons. The molecule has 0 saturated carbocycles. The predicted molar refractivity (Wildman–Crippen MR) is 71.3 cm³/mol. The third-order valence-corrected chi connectivity index (χ3v) is 2.94. The number of benzene rings is 1. The Labute approximate surface area is 113 Å². The van der Waals surface area contributed by atoms with Gasteiger partial charge in [-0.2, -0.15) is 0 Å². The normalized spacial score (nSPS) is 12.4. The first-order valence-electron chi connectivity index (χ1n) is 6.07. The molecule has 0 saturated heterocycles. The van der Waals surface area contributed by atoms with Gasteiger partial charge < -0.3 is 9.73 Å². The highest BCUT2D eigenvalue weighted by molar-refractivity contribution is 5.90. The molecule has 7 nitrogen and oxygen atoms in total. The van der Waals surface area contributed by atoms with Crippen molar-refractivity contribution in [2.45, 2.75) is 13.0 Å². The van der Waals surface area contributed by atoms with Gasteiger partial charge in [0.25, 0.3) is 5.91 Å². The molecule has 0 aliphatic rings. The van der Waals surface area contributed by atoms with E-state index in [-0.39, 0.29) is 11.9 Å². The van der Waals surface area contributed by atoms with E-state index in [0.29, 0.717) is 5.76 Å². The summed E-state index contributed by atoms with van der Waals surface area (Å²) in [4.78, 5) is 25.0. The number of aromatic amines is 2. The summed E-state index contributed by atoms with van der Waals surface area (Å²) in [6.45, 7) is 1.79. The van der Waals surface area contributed by atoms with Crippen LogP contribution in [-0.4, -0.2) is 21.1 Å². The summed E-state index contributed by atoms with van der Waals surface area (Å²) in [5.74, 6) is 0.103. The molecule has 3 N–H and O–H groups in total. The van der Waals surface area contributed by atoms with Crippen molar-refractivity contribution in [2.75, 3.05) is 0 Å². The lowest BCUT2D eigenvalue weighted by molar-refractivity contribution is 0.0925. The maximum atomic E-state index is 11.9. The minimum atomic E-state index is -0.522. The van der Waals surface area contributed by atoms with Gasteiger partial charge in [0.05, 0.1) is 6.04 Å². The second-order valence-electron chi connectivity index (χ2n) is 4.41. The third kappa shape index (κ3) is 2.20. The van der Waals surface area contributed by atoms with E-state index in [1.807, 2.05) is 30.3 Å². The summed E-state index contributed by atoms with van der Waals surface area (Å²) in [6.07, 6.45) is 0. The van der Waals surface area contributed by atoms with Gasteiger partial charge in [0.2, 0.25) is 5.82 Å². The maximum absolute atomic E-state index is 11.9. The van der Waals surface area contributed by atoms with Crippen LogP contribution in [0.3, 0.4) is 0 Å². The highest BCUT2D eigenvalue weighted by Gasteiger charge is 2.17. The van der Waals surface area contributed by atoms with Gasteiger partial charge in [0, 0.05) is 5.39 Å². The fraction of sp³-hybridized carbons (Fsp3) is 0.154. The van der Waals surface area contributed by atoms with Gasteiger partial charge in [0.15, 0.2) is 0 Å². The third-order valence-electron chi connectivity index (χ3n) is 2.94. The van der Waals surface area contributed by atoms with Crippen LogP contribution in [-0.2, 0) is 0 Å². The molecule has 2 heterocycles. The second-order valence-corrected chi connectivity index (χ2v) is 4.41. The lowest BCUT2D eigenvalue weighted by Crippen LogP contribution is -2.27. The van der Waals surface area contributed by atoms with E-state index >= 15 is 0 Å². The zero-order valence-electron chi connectivity index (χ0n) is 10.6. The molecule has 0 fully saturated rings. The molecule has 1 aromatic carbocycles. The van der Waals surface area contributed by atoms with Crippen LogP contribution in [0.4, 0.5) is 0 Å². The molecule has 0 unspecified atom stereocenters. The van der Waals surface area contributed by atoms with Crippen LogP contribution < -0.4 is 11.0 Å². The van der Waals surface area contributed by atoms with Crippen LogP contribution in [0.15, 0.2) is 39.5 Å². The topological polar surface area (TPSA) is 104 Å². The van der Waals surface area contributed by atoms with Crippen LogP contribution in [0.1, 0.15) is 29.3 Å². The first-order valence-corrected chi connectivity index (χ1v) is 6.07. The zero-order chi connectivity index (χ0) is 14.1. The summed E-state index contributed by atoms with van der Waals surface area (Å²) >= 11 is 0. The predicted octanol–water partition coefficient (Wildman–Crippen LogP) is 1.34. The van der Waals surface area contributed by atoms with E-state index in [1.54, 1.807) is 6.92 Å². The highest BCUT2D eigenvalue weighted by Crippen LogP contribution is 2.23. The number of hydrogen-bond acceptors (Lipinski definition) is 4. The Morgan fingerprint density at radius 3 is 2.90 bits per heavy atom. The van der Waals surface area contributed by atoms with Crippen molar-refractivity contribution in [3.63, 3.8) is 0 Å². The maximum Gasteiger partial charge on any atom is 0.341 e. The Morgan fingerprint density at radius 1 is 1.40 bits per heavy atom. The van der Waals surface area contributed by atoms with Gasteiger partial charge >= 0.3 is 5.69 Å². The number of nitrogens with zero attached hydrogens (tertiary/aromatic N) is 1. The molecule has 0 spiro atoms. The number of furan rings is 1. The summed E-state index contributed by atoms with van der Waals surface area (Å²) in [5, 5.41) is 9.38. The van der Waals surface area contributed by atoms with E-state index in [9.17, 15) is 9.59 Å². The molecule has 0 aliphatic carbocycles. The Kier molecular flexibility index (Phi) is 2.86. The zero-order valence-corrected chi connectivity index (χ0v) is 10.6. The average molecular weight is 272 g/mol. The standard InChI is InChI=1S/C13H12N4O3/c1-7(14-12(18)11-15-13(19)17-16-11)10-6-8-4-2-3-5-9(8)20-10/h2-7H,1H3,(H,14,18)(H2,15,16,17,19)/t7-/m1/s1. The van der Waals surface area contributed by atoms with E-state index in [0.717, 1.165) is 11.0 Å². The molecule has 20 heavy (non-hydrogen) atoms. The first kappa shape index (κ1) is 12.2. The Bertz CT molecular complexity index is 781. The molecule has 0 aliphatic heterocycles. The average Bonchev–Trinajstić information content (AvgIpc) is 3.04. The quantitative estimate of drug-likeness (QED) is 0.669. The van der Waals surface area contributed by atoms with E-state index in [1.165, 1.54) is 0 Å². The number of fused-ring (bicyclic) bond motifs is 1. The number of H-pyrrole nitrogens is 2. The van der Waals surface area contributed by atoms with Crippen LogP contribution in [0, 0.1) is 0 Å². The van der Waals surface area contributed by atoms with Crippen molar-refractivity contribution >= 4 is 16.9 Å². The molecule has 102 valence electrons. The number of hydrogen-bond donors (Lipinski definition) is 3. The first-order chi connectivity index (χ1) is 9.63. The minimum absolute atomic E-state index is 0.0574. The Balaban J connectivity index is 1.80. The van der Waals surface area contributed by atoms with Crippen molar-refractivity contribution in [3.05, 3.63) is 52.4 Å². The van der Waals surface area contributed by atoms with Gasteiger partial charge in [-0.25, -0.2) is 9.89 Å². The Hall–Kier alpha value is -2.83. The SMILES string of the molecule is C[C@@H](NC(=O)c1n[nH]c(=O)[nH]1)c1cc2ccccc2o1. The molecule has 1 atom stereocenters. The summed E-state index contributed by atoms with van der Waals surface area (Å²) in [5.41, 5.74) is 0.239. The second kappa shape index (κ2) is 4.69. The molecule has 1 amide bonds. The van der Waals surface area contributed by atoms with E-state index in [4.69, 9.17) is 4.42 Å². The van der Waals surface area contributed by atoms with Gasteiger partial charge in [0.1, 0.15) is 11.3 Å². The van der Waals surface area contributed by atoms with Crippen molar-refractivity contribution in [1.29, 1.82) is 0 Å². The van der Waals surface area contributed by atoms with Gasteiger partial charge in [-0.1, -0.05) is 18.2 Å². The monoisotopic (exact) mass is 272 g/mol. The van der Waals surface area contributed by atoms with Gasteiger partial charge in [-0.3, -0.25) is 9.78 Å². The summed E-state index contributed by atoms with van der Waals surface area (Å²) in [7, 11) is 0. The number of carbonyl (C=O) groups is 1. The van der Waals surface area contributed by atoms with Gasteiger partial charge in [-0.15, -0.1) is 5.10 Å². The van der Waals surface area contributed by atoms with Gasteiger partial charge in [-0.05, 0) is 19.1 Å². The summed E-state index contributed by atoms with van der Waals surface area (Å²) in [6, 6.07) is 9.12. The van der Waals surface area contributed by atoms with Crippen molar-refractivity contribution in [1.82, 2.24) is 20.5 Å². The molecule has 3 aromatic rings. The van der Waals surface area contributed by atoms with Crippen molar-refractivity contribution < 1.29 is 9.21 Å². The lowest BCUT2D eigenvalue weighted by atomic mass is 10.2. The molecule has 7 heteroatoms. The number of amides is 1. The fourth-order valence-corrected chi connectivity index (χ4v) is 1.93. The molecule has 0 bridgehead atoms. The summed E-state index contributed by atoms with van der Waals surface area (Å²) < 4.78 is 5.66. The van der Waals surface area contributed by atoms with Crippen molar-refractivity contribution in [3.8, 4) is 0 Å². The van der Waals surface area contributed by atoms with Crippen LogP contribution in [0.5, 0.6) is 0 Å². The highest BCUT2D eigenvalue weighted by atomic mass is 16.3. The minimum Gasteiger partial charge on any atom is -0.459 e. The van der Waals surface area contributed by atoms with E-state index < -0.39 is 11.6 Å². The number of para-hydroxylation sites is 1. The smallest absolute Gasteiger partial charge is 0.341 e. The number of carbonyl (C=O) groups excluding carboxylic acids is 1. The number of aromatic nitrogens is 3. The number of nitrogens with one attached hydrogen (secondary N) is 3. The van der Waals surface area contributed by atoms with E-state index in [2.05, 4.69) is 20.5 Å². The van der Waals surface area contributed by atoms with Crippen LogP contribution >= 0.6 is 0 Å². The van der Waals surface area contributed by atoms with Crippen LogP contribution in [0.25, 0.3) is 11.0 Å². The lowest BCUT2D eigenvalue weighted by Gasteiger charge is -2.09. The van der Waals surface area contributed by atoms with Crippen LogP contribution in [0.2, 0.25) is 0 Å². The molecule has 3 rings (SSSR count). The molecular formula is C13H12N4O3. The fourth-order valence-electron chi connectivity index (χ4n) is 1.93. The van der Waals surface area contributed by atoms with Crippen molar-refractivity contribution in [2.24, 2.45) is 0 Å². The number of rotatable bonds is 3. The molecule has 2 aromatic heterocycles. The largest absolute Gasteiger partial charge is 0.459 e. The molecular weight excluding hydrogens is 260 g/mol.